The Kier molecular flexibility index (Phi) is 5.73. The average Bonchev–Trinajstić information content (AvgIpc) is 3.05. The van der Waals surface area contributed by atoms with Crippen LogP contribution in [0.5, 0.6) is 11.5 Å². The summed E-state index contributed by atoms with van der Waals surface area (Å²) in [5.74, 6) is -2.94. The Bertz CT molecular complexity index is 1150. The Morgan fingerprint density at radius 2 is 1.60 bits per heavy atom. The third kappa shape index (κ3) is 4.56. The molecule has 0 aliphatic heterocycles. The minimum Gasteiger partial charge on any atom is -0.478 e. The Morgan fingerprint density at radius 3 is 2.20 bits per heavy atom. The first-order chi connectivity index (χ1) is 14.1. The zero-order chi connectivity index (χ0) is 22.1. The number of carbonyl (C=O) groups is 1. The van der Waals surface area contributed by atoms with E-state index in [2.05, 4.69) is 9.47 Å². The number of fused-ring (bicyclic) bond motifs is 1. The molecule has 1 aromatic heterocycles. The number of ether oxygens (including phenoxy) is 2. The lowest BCUT2D eigenvalue weighted by atomic mass is 10.2. The molecule has 0 radical (unpaired) electrons. The summed E-state index contributed by atoms with van der Waals surface area (Å²) in [6, 6.07) is 7.68. The fraction of sp³-hybridized carbons (Fsp3) is 0.118. The van der Waals surface area contributed by atoms with Gasteiger partial charge in [0.1, 0.15) is 5.58 Å². The maximum absolute atomic E-state index is 12.6. The molecule has 160 valence electrons. The summed E-state index contributed by atoms with van der Waals surface area (Å²) >= 11 is 0. The van der Waals surface area contributed by atoms with Gasteiger partial charge >= 0.3 is 19.2 Å². The molecule has 0 bridgehead atoms. The number of rotatable bonds is 8. The molecular weight excluding hydrogens is 438 g/mol. The Balaban J connectivity index is 2.03. The van der Waals surface area contributed by atoms with E-state index in [0.717, 1.165) is 18.2 Å². The van der Waals surface area contributed by atoms with Gasteiger partial charge in [0.15, 0.2) is 11.5 Å². The number of carboxylic acids is 1. The van der Waals surface area contributed by atoms with Crippen LogP contribution in [0.2, 0.25) is 0 Å². The van der Waals surface area contributed by atoms with Crippen LogP contribution in [0.25, 0.3) is 11.0 Å². The van der Waals surface area contributed by atoms with Crippen LogP contribution in [0.1, 0.15) is 10.4 Å². The van der Waals surface area contributed by atoms with E-state index in [9.17, 15) is 30.8 Å². The van der Waals surface area contributed by atoms with Crippen LogP contribution in [-0.2, 0) is 10.0 Å². The summed E-state index contributed by atoms with van der Waals surface area (Å²) in [7, 11) is -4.46. The standard InChI is InChI=1S/C17H11F4NO7S/c18-16(19)28-12-5-8-6-14(27-11(8)7-13(12)29-17(20)21)30(25,26)22-10-4-2-1-3-9(10)15(23)24/h1-7,16-17,22H,(H,23,24). The van der Waals surface area contributed by atoms with E-state index < -0.39 is 45.8 Å². The van der Waals surface area contributed by atoms with Gasteiger partial charge in [-0.25, -0.2) is 4.79 Å². The summed E-state index contributed by atoms with van der Waals surface area (Å²) in [6.45, 7) is -6.72. The largest absolute Gasteiger partial charge is 0.478 e. The minimum absolute atomic E-state index is 0.0702. The fourth-order valence-electron chi connectivity index (χ4n) is 2.49. The Hall–Kier alpha value is -3.48. The lowest BCUT2D eigenvalue weighted by Gasteiger charge is -2.11. The topological polar surface area (TPSA) is 115 Å². The van der Waals surface area contributed by atoms with Crippen molar-refractivity contribution >= 4 is 32.6 Å². The molecule has 0 saturated carbocycles. The summed E-state index contributed by atoms with van der Waals surface area (Å²) in [4.78, 5) is 11.2. The van der Waals surface area contributed by atoms with Gasteiger partial charge in [0.25, 0.3) is 10.0 Å². The third-order valence-corrected chi connectivity index (χ3v) is 4.88. The van der Waals surface area contributed by atoms with Crippen molar-refractivity contribution in [2.45, 2.75) is 18.3 Å². The van der Waals surface area contributed by atoms with Gasteiger partial charge in [-0.1, -0.05) is 12.1 Å². The summed E-state index contributed by atoms with van der Waals surface area (Å²) in [5, 5.41) is 8.35. The second-order valence-electron chi connectivity index (χ2n) is 5.62. The van der Waals surface area contributed by atoms with Crippen molar-refractivity contribution in [2.75, 3.05) is 4.72 Å². The number of furan rings is 1. The molecular formula is C17H11F4NO7S. The van der Waals surface area contributed by atoms with E-state index in [4.69, 9.17) is 9.52 Å². The first-order valence-corrected chi connectivity index (χ1v) is 9.37. The van der Waals surface area contributed by atoms with Gasteiger partial charge in [-0.15, -0.1) is 0 Å². The highest BCUT2D eigenvalue weighted by atomic mass is 32.2. The number of para-hydroxylation sites is 1. The van der Waals surface area contributed by atoms with Crippen molar-refractivity contribution in [1.29, 1.82) is 0 Å². The number of nitrogens with one attached hydrogen (secondary N) is 1. The molecule has 2 aromatic carbocycles. The number of halogens is 4. The lowest BCUT2D eigenvalue weighted by molar-refractivity contribution is -0.0691. The van der Waals surface area contributed by atoms with E-state index in [-0.39, 0.29) is 22.2 Å². The van der Waals surface area contributed by atoms with Gasteiger partial charge < -0.3 is 19.0 Å². The molecule has 0 fully saturated rings. The van der Waals surface area contributed by atoms with Crippen LogP contribution < -0.4 is 14.2 Å². The second-order valence-corrected chi connectivity index (χ2v) is 7.23. The van der Waals surface area contributed by atoms with Crippen LogP contribution in [0.15, 0.2) is 52.0 Å². The summed E-state index contributed by atoms with van der Waals surface area (Å²) in [6.07, 6.45) is 0. The molecule has 0 unspecified atom stereocenters. The lowest BCUT2D eigenvalue weighted by Crippen LogP contribution is -2.14. The number of aromatic carboxylic acids is 1. The molecule has 0 amide bonds. The first-order valence-electron chi connectivity index (χ1n) is 7.89. The summed E-state index contributed by atoms with van der Waals surface area (Å²) in [5.41, 5.74) is -0.870. The SMILES string of the molecule is O=C(O)c1ccccc1NS(=O)(=O)c1cc2cc(OC(F)F)c(OC(F)F)cc2o1. The maximum atomic E-state index is 12.6. The van der Waals surface area contributed by atoms with Crippen LogP contribution in [0, 0.1) is 0 Å². The molecule has 2 N–H and O–H groups in total. The number of carboxylic acid groups (broad SMARTS) is 1. The zero-order valence-electron chi connectivity index (χ0n) is 14.5. The van der Waals surface area contributed by atoms with Crippen molar-refractivity contribution < 1.29 is 49.8 Å². The van der Waals surface area contributed by atoms with Crippen molar-refractivity contribution in [1.82, 2.24) is 0 Å². The number of hydrogen-bond donors (Lipinski definition) is 2. The molecule has 1 heterocycles. The quantitative estimate of drug-likeness (QED) is 0.497. The van der Waals surface area contributed by atoms with Crippen molar-refractivity contribution in [3.63, 3.8) is 0 Å². The average molecular weight is 449 g/mol. The molecule has 8 nitrogen and oxygen atoms in total. The van der Waals surface area contributed by atoms with Gasteiger partial charge in [0, 0.05) is 17.5 Å². The molecule has 3 rings (SSSR count). The molecule has 0 saturated heterocycles. The predicted molar refractivity (Wildman–Crippen MR) is 93.7 cm³/mol. The molecule has 0 spiro atoms. The van der Waals surface area contributed by atoms with Gasteiger partial charge in [-0.05, 0) is 18.2 Å². The molecule has 0 atom stereocenters. The highest BCUT2D eigenvalue weighted by molar-refractivity contribution is 7.92. The van der Waals surface area contributed by atoms with Crippen LogP contribution in [0.3, 0.4) is 0 Å². The van der Waals surface area contributed by atoms with Crippen LogP contribution in [-0.4, -0.2) is 32.7 Å². The highest BCUT2D eigenvalue weighted by Gasteiger charge is 2.24. The van der Waals surface area contributed by atoms with Crippen molar-refractivity contribution in [3.8, 4) is 11.5 Å². The minimum atomic E-state index is -4.46. The van der Waals surface area contributed by atoms with E-state index in [1.165, 1.54) is 24.3 Å². The van der Waals surface area contributed by atoms with Gasteiger partial charge in [0.05, 0.1) is 11.3 Å². The zero-order valence-corrected chi connectivity index (χ0v) is 15.3. The van der Waals surface area contributed by atoms with Gasteiger partial charge in [-0.3, -0.25) is 4.72 Å². The van der Waals surface area contributed by atoms with E-state index in [0.29, 0.717) is 0 Å². The van der Waals surface area contributed by atoms with E-state index >= 15 is 0 Å². The molecule has 30 heavy (non-hydrogen) atoms. The van der Waals surface area contributed by atoms with Gasteiger partial charge in [-0.2, -0.15) is 26.0 Å². The maximum Gasteiger partial charge on any atom is 0.387 e. The van der Waals surface area contributed by atoms with Crippen LogP contribution >= 0.6 is 0 Å². The summed E-state index contributed by atoms with van der Waals surface area (Å²) < 4.78 is 90.7. The second kappa shape index (κ2) is 8.10. The number of benzene rings is 2. The number of anilines is 1. The molecule has 0 aliphatic carbocycles. The molecule has 0 aliphatic rings. The number of sulfonamides is 1. The highest BCUT2D eigenvalue weighted by Crippen LogP contribution is 2.37. The van der Waals surface area contributed by atoms with E-state index in [1.807, 2.05) is 4.72 Å². The van der Waals surface area contributed by atoms with Crippen molar-refractivity contribution in [2.24, 2.45) is 0 Å². The van der Waals surface area contributed by atoms with E-state index in [1.54, 1.807) is 0 Å². The normalized spacial score (nSPS) is 11.8. The first kappa shape index (κ1) is 21.2. The number of hydrogen-bond acceptors (Lipinski definition) is 6. The Morgan fingerprint density at radius 1 is 1.00 bits per heavy atom. The van der Waals surface area contributed by atoms with Crippen molar-refractivity contribution in [3.05, 3.63) is 48.0 Å². The van der Waals surface area contributed by atoms with Gasteiger partial charge in [0.2, 0.25) is 5.09 Å². The Labute approximate surface area is 165 Å². The smallest absolute Gasteiger partial charge is 0.387 e. The number of alkyl halides is 4. The molecule has 3 aromatic rings. The fourth-order valence-corrected chi connectivity index (χ4v) is 3.53. The monoisotopic (exact) mass is 449 g/mol. The predicted octanol–water partition coefficient (Wildman–Crippen LogP) is 4.13. The van der Waals surface area contributed by atoms with Crippen LogP contribution in [0.4, 0.5) is 23.2 Å². The third-order valence-electron chi connectivity index (χ3n) is 3.66. The molecule has 13 heteroatoms.